The molecule has 4 unspecified atom stereocenters. The van der Waals surface area contributed by atoms with Crippen LogP contribution in [0, 0.1) is 0 Å². The van der Waals surface area contributed by atoms with Crippen molar-refractivity contribution in [1.29, 1.82) is 0 Å². The molecule has 12 heterocycles. The molecule has 0 saturated carbocycles. The summed E-state index contributed by atoms with van der Waals surface area (Å²) in [7, 11) is 4.22. The van der Waals surface area contributed by atoms with Crippen molar-refractivity contribution in [3.63, 3.8) is 0 Å². The van der Waals surface area contributed by atoms with Crippen molar-refractivity contribution < 1.29 is 115 Å². The summed E-state index contributed by atoms with van der Waals surface area (Å²) >= 11 is 2.87. The number of anilines is 3. The average molecular weight is 1740 g/mol. The summed E-state index contributed by atoms with van der Waals surface area (Å²) in [6.45, 7) is -2.16. The molecule has 42 nitrogen and oxygen atoms in total. The predicted molar refractivity (Wildman–Crippen MR) is 422 cm³/mol. The first-order valence-corrected chi connectivity index (χ1v) is 45.8. The smallest absolute Gasteiger partial charge is 0.327 e. The van der Waals surface area contributed by atoms with Crippen LogP contribution in [0.2, 0.25) is 0 Å². The Kier molecular flexibility index (Phi) is 26.0. The van der Waals surface area contributed by atoms with Crippen molar-refractivity contribution in [2.75, 3.05) is 75.6 Å². The molecule has 21 atom stereocenters. The van der Waals surface area contributed by atoms with Gasteiger partial charge in [0, 0.05) is 17.3 Å². The van der Waals surface area contributed by atoms with Crippen LogP contribution >= 0.6 is 54.3 Å². The predicted octanol–water partition coefficient (Wildman–Crippen LogP) is 4.68. The maximum absolute atomic E-state index is 13.3. The number of carbonyl (C=O) groups excluding carboxylic acids is 3. The highest BCUT2D eigenvalue weighted by Crippen LogP contribution is 2.63. The van der Waals surface area contributed by atoms with Crippen LogP contribution in [-0.2, 0) is 70.1 Å². The van der Waals surface area contributed by atoms with Gasteiger partial charge in [-0.25, -0.2) is 30.2 Å². The standard InChI is InChI=1S/3C23H29N6O8PS/c3*1-12(13-7-5-4-6-8-13)36-20(31)14-10-39-38(33,28-14)35-9-15-17(30)23(2,32)21(37-15)29-11-25-16-18(29)26-22(24)27-19(16)34-3/h3*4-8,11-12,14-15,17,21,30,32H,9-10H2,1-3H3,(H,28,33)(H2,24,26,27)/t12-,14+,15?,17+,21+,23+,38?;12-,14+,15?,17+,21+,23+,38+;12-,14+,15?,17+,21+,23+,38-/m000/s1. The summed E-state index contributed by atoms with van der Waals surface area (Å²) < 4.78 is 111. The number of aliphatic hydroxyl groups is 6. The molecule has 117 heavy (non-hydrogen) atoms. The van der Waals surface area contributed by atoms with E-state index in [9.17, 15) is 58.7 Å². The Hall–Kier alpha value is -8.34. The third kappa shape index (κ3) is 18.4. The largest absolute Gasteiger partial charge is 0.479 e. The van der Waals surface area contributed by atoms with Crippen molar-refractivity contribution in [3.8, 4) is 17.6 Å². The van der Waals surface area contributed by atoms with Gasteiger partial charge in [0.15, 0.2) is 52.2 Å². The third-order valence-electron chi connectivity index (χ3n) is 19.8. The number of esters is 3. The van der Waals surface area contributed by atoms with Crippen molar-refractivity contribution >= 4 is 124 Å². The zero-order valence-electron chi connectivity index (χ0n) is 64.0. The van der Waals surface area contributed by atoms with Crippen molar-refractivity contribution in [2.45, 2.75) is 150 Å². The highest BCUT2D eigenvalue weighted by atomic mass is 32.7. The molecule has 6 saturated heterocycles. The maximum atomic E-state index is 13.3. The second-order valence-electron chi connectivity index (χ2n) is 28.1. The van der Waals surface area contributed by atoms with Crippen LogP contribution in [-0.4, -0.2) is 237 Å². The Morgan fingerprint density at radius 2 is 0.709 bits per heavy atom. The number of benzene rings is 3. The Labute approximate surface area is 678 Å². The number of hydrogen-bond donors (Lipinski definition) is 12. The van der Waals surface area contributed by atoms with Crippen LogP contribution in [0.1, 0.15) is 95.2 Å². The molecule has 6 fully saturated rings. The molecule has 6 aliphatic rings. The van der Waals surface area contributed by atoms with Gasteiger partial charge in [-0.05, 0) is 58.2 Å². The molecule has 15 N–H and O–H groups in total. The summed E-state index contributed by atoms with van der Waals surface area (Å²) in [4.78, 5) is 75.1. The number of nitrogens with zero attached hydrogens (tertiary/aromatic N) is 12. The molecule has 9 aromatic rings. The Bertz CT molecular complexity index is 4730. The lowest BCUT2D eigenvalue weighted by atomic mass is 9.96. The van der Waals surface area contributed by atoms with E-state index in [0.29, 0.717) is 0 Å². The van der Waals surface area contributed by atoms with E-state index in [1.165, 1.54) is 74.8 Å². The summed E-state index contributed by atoms with van der Waals surface area (Å²) in [6.07, 6.45) is -8.26. The van der Waals surface area contributed by atoms with Gasteiger partial charge in [0.1, 0.15) is 89.9 Å². The number of rotatable bonds is 24. The number of hydrogen-bond acceptors (Lipinski definition) is 39. The van der Waals surface area contributed by atoms with E-state index in [4.69, 9.17) is 73.4 Å². The van der Waals surface area contributed by atoms with E-state index in [1.54, 1.807) is 20.8 Å². The van der Waals surface area contributed by atoms with E-state index >= 15 is 0 Å². The number of nitrogens with one attached hydrogen (secondary N) is 3. The van der Waals surface area contributed by atoms with Gasteiger partial charge in [-0.1, -0.05) is 125 Å². The van der Waals surface area contributed by atoms with E-state index in [1.807, 2.05) is 91.0 Å². The van der Waals surface area contributed by atoms with E-state index in [0.717, 1.165) is 50.8 Å². The Morgan fingerprint density at radius 1 is 0.462 bits per heavy atom. The summed E-state index contributed by atoms with van der Waals surface area (Å²) in [6, 6.07) is 25.3. The van der Waals surface area contributed by atoms with Gasteiger partial charge >= 0.3 is 38.1 Å². The number of nitrogen functional groups attached to an aromatic ring is 3. The summed E-state index contributed by atoms with van der Waals surface area (Å²) in [5.74, 6) is -0.929. The zero-order valence-corrected chi connectivity index (χ0v) is 69.1. The lowest BCUT2D eigenvalue weighted by Crippen LogP contribution is -2.44. The van der Waals surface area contributed by atoms with Crippen LogP contribution in [0.25, 0.3) is 33.5 Å². The number of methoxy groups -OCH3 is 3. The molecule has 6 aliphatic heterocycles. The third-order valence-corrected chi connectivity index (χ3v) is 31.9. The second kappa shape index (κ2) is 35.2. The van der Waals surface area contributed by atoms with Crippen LogP contribution < -0.4 is 46.7 Å². The van der Waals surface area contributed by atoms with Gasteiger partial charge in [0.2, 0.25) is 35.5 Å². The first kappa shape index (κ1) is 86.5. The van der Waals surface area contributed by atoms with Crippen LogP contribution in [0.5, 0.6) is 17.6 Å². The van der Waals surface area contributed by atoms with Gasteiger partial charge in [-0.15, -0.1) is 0 Å². The van der Waals surface area contributed by atoms with Gasteiger partial charge in [-0.3, -0.25) is 41.8 Å². The normalized spacial score (nSPS) is 31.4. The minimum atomic E-state index is -3.53. The molecule has 0 radical (unpaired) electrons. The number of aromatic nitrogens is 12. The monoisotopic (exact) mass is 1740 g/mol. The molecule has 630 valence electrons. The number of aliphatic hydroxyl groups excluding tert-OH is 3. The fourth-order valence-electron chi connectivity index (χ4n) is 13.4. The van der Waals surface area contributed by atoms with Gasteiger partial charge in [0.05, 0.1) is 60.1 Å². The van der Waals surface area contributed by atoms with Crippen molar-refractivity contribution in [3.05, 3.63) is 127 Å². The van der Waals surface area contributed by atoms with E-state index in [-0.39, 0.29) is 106 Å². The second-order valence-corrected chi connectivity index (χ2v) is 41.1. The number of nitrogens with two attached hydrogens (primary N) is 3. The molecular formula is C69H87N18O24P3S3. The Balaban J connectivity index is 0.000000152. The van der Waals surface area contributed by atoms with Crippen LogP contribution in [0.4, 0.5) is 17.8 Å². The minimum absolute atomic E-state index is 0.0761. The quantitative estimate of drug-likeness (QED) is 0.0222. The fraction of sp³-hybridized carbons (Fsp3) is 0.478. The van der Waals surface area contributed by atoms with Crippen molar-refractivity contribution in [1.82, 2.24) is 73.8 Å². The first-order chi connectivity index (χ1) is 55.6. The number of fused-ring (bicyclic) bond motifs is 3. The molecule has 3 aromatic carbocycles. The maximum Gasteiger partial charge on any atom is 0.327 e. The lowest BCUT2D eigenvalue weighted by Gasteiger charge is -2.27. The summed E-state index contributed by atoms with van der Waals surface area (Å²) in [5, 5.41) is 74.2. The number of imidazole rings is 3. The number of ether oxygens (including phenoxy) is 9. The fourth-order valence-corrected chi connectivity index (χ4v) is 25.0. The van der Waals surface area contributed by atoms with Gasteiger partial charge in [0.25, 0.3) is 0 Å². The molecule has 15 rings (SSSR count). The number of carbonyl (C=O) groups is 3. The SMILES string of the molecule is COc1nc(N)nc2c1ncn2[C@@H]1OC(COP2(=O)N[C@@H](C(=O)O[C@@H](C)c3ccccc3)CS2)[C@@H](O)[C@@]1(C)O.COc1nc(N)nc2c1ncn2[C@@H]1OC(CO[P@@]2(=O)N[C@@H](C(=O)O[C@@H](C)c3ccccc3)CS2)[C@@H](O)[C@@]1(C)O.COc1nc(N)nc2c1ncn2[C@@H]1OC(CO[P@]2(=O)N[C@@H](C(=O)O[C@@H](C)c3ccccc3)CS2)[C@@H](O)[C@@]1(C)O. The molecule has 0 spiro atoms. The van der Waals surface area contributed by atoms with Crippen LogP contribution in [0.3, 0.4) is 0 Å². The Morgan fingerprint density at radius 3 is 0.949 bits per heavy atom. The van der Waals surface area contributed by atoms with Crippen LogP contribution in [0.15, 0.2) is 110 Å². The zero-order chi connectivity index (χ0) is 83.8. The van der Waals surface area contributed by atoms with Crippen molar-refractivity contribution in [2.24, 2.45) is 0 Å². The molecule has 6 aromatic heterocycles. The molecule has 0 bridgehead atoms. The van der Waals surface area contributed by atoms with Gasteiger partial charge in [-0.2, -0.15) is 29.9 Å². The molecule has 0 aliphatic carbocycles. The molecule has 48 heteroatoms. The first-order valence-electron chi connectivity index (χ1n) is 36.1. The van der Waals surface area contributed by atoms with Gasteiger partial charge < -0.3 is 104 Å². The highest BCUT2D eigenvalue weighted by molar-refractivity contribution is 8.57. The average Bonchev–Trinajstić information content (AvgIpc) is 1.60. The topological polar surface area (TPSA) is 580 Å². The lowest BCUT2D eigenvalue weighted by molar-refractivity contribution is -0.150. The highest BCUT2D eigenvalue weighted by Gasteiger charge is 2.58. The van der Waals surface area contributed by atoms with E-state index < -0.39 is 147 Å². The van der Waals surface area contributed by atoms with E-state index in [2.05, 4.69) is 60.1 Å². The molecule has 0 amide bonds. The minimum Gasteiger partial charge on any atom is -0.479 e. The molecular weight excluding hydrogens is 1650 g/mol. The summed E-state index contributed by atoms with van der Waals surface area (Å²) in [5.41, 5.74) is 16.0.